The van der Waals surface area contributed by atoms with Crippen LogP contribution in [0.25, 0.3) is 11.1 Å². The molecule has 0 fully saturated rings. The van der Waals surface area contributed by atoms with Crippen molar-refractivity contribution >= 4 is 11.5 Å². The summed E-state index contributed by atoms with van der Waals surface area (Å²) in [4.78, 5) is 22.3. The number of hydrogen-bond donors (Lipinski definition) is 0. The molecular weight excluding hydrogens is 242 g/mol. The second kappa shape index (κ2) is 5.44. The molecule has 4 nitrogen and oxygen atoms in total. The number of carbonyl (C=O) groups is 1. The van der Waals surface area contributed by atoms with E-state index in [0.717, 1.165) is 0 Å². The molecule has 19 heavy (non-hydrogen) atoms. The lowest BCUT2D eigenvalue weighted by atomic mass is 9.99. The molecule has 96 valence electrons. The Morgan fingerprint density at radius 1 is 1.16 bits per heavy atom. The Morgan fingerprint density at radius 3 is 2.58 bits per heavy atom. The number of Topliss-reactive ketones (excluding diaryl/α,β-unsaturated/α-hetero) is 1. The van der Waals surface area contributed by atoms with Crippen LogP contribution in [0.1, 0.15) is 23.7 Å². The standard InChI is InChI=1S/C15H13NO3/c1-2-15(17)12-7-5-6-11(10-12)13-8-3-4-9-14(13)16(18)19/h3-10H,2H2,1H3. The molecule has 2 aromatic carbocycles. The molecule has 0 saturated heterocycles. The third-order valence-corrected chi connectivity index (χ3v) is 2.92. The Morgan fingerprint density at radius 2 is 1.89 bits per heavy atom. The normalized spacial score (nSPS) is 10.2. The Bertz CT molecular complexity index is 635. The highest BCUT2D eigenvalue weighted by molar-refractivity contribution is 5.97. The zero-order valence-electron chi connectivity index (χ0n) is 10.5. The Balaban J connectivity index is 2.54. The van der Waals surface area contributed by atoms with Gasteiger partial charge in [-0.15, -0.1) is 0 Å². The van der Waals surface area contributed by atoms with Crippen molar-refractivity contribution in [3.05, 3.63) is 64.2 Å². The van der Waals surface area contributed by atoms with Crippen LogP contribution in [0.15, 0.2) is 48.5 Å². The van der Waals surface area contributed by atoms with E-state index in [1.165, 1.54) is 6.07 Å². The third kappa shape index (κ3) is 2.68. The molecule has 2 rings (SSSR count). The number of nitro benzene ring substituents is 1. The maximum Gasteiger partial charge on any atom is 0.277 e. The van der Waals surface area contributed by atoms with Gasteiger partial charge in [0.05, 0.1) is 10.5 Å². The SMILES string of the molecule is CCC(=O)c1cccc(-c2ccccc2[N+](=O)[O-])c1. The molecule has 0 atom stereocenters. The number of nitro groups is 1. The number of hydrogen-bond acceptors (Lipinski definition) is 3. The van der Waals surface area contributed by atoms with Gasteiger partial charge in [-0.1, -0.05) is 37.3 Å². The van der Waals surface area contributed by atoms with Crippen molar-refractivity contribution in [2.75, 3.05) is 0 Å². The van der Waals surface area contributed by atoms with Gasteiger partial charge in [-0.25, -0.2) is 0 Å². The van der Waals surface area contributed by atoms with E-state index >= 15 is 0 Å². The zero-order chi connectivity index (χ0) is 13.8. The average Bonchev–Trinajstić information content (AvgIpc) is 2.46. The van der Waals surface area contributed by atoms with Gasteiger partial charge in [0.25, 0.3) is 5.69 Å². The minimum atomic E-state index is -0.413. The van der Waals surface area contributed by atoms with Crippen molar-refractivity contribution in [3.8, 4) is 11.1 Å². The molecule has 0 bridgehead atoms. The van der Waals surface area contributed by atoms with E-state index in [1.54, 1.807) is 49.4 Å². The molecule has 2 aromatic rings. The van der Waals surface area contributed by atoms with Crippen molar-refractivity contribution in [1.82, 2.24) is 0 Å². The largest absolute Gasteiger partial charge is 0.294 e. The summed E-state index contributed by atoms with van der Waals surface area (Å²) in [7, 11) is 0. The summed E-state index contributed by atoms with van der Waals surface area (Å²) in [5, 5.41) is 11.0. The van der Waals surface area contributed by atoms with Gasteiger partial charge >= 0.3 is 0 Å². The molecular formula is C15H13NO3. The van der Waals surface area contributed by atoms with Gasteiger partial charge < -0.3 is 0 Å². The molecule has 0 radical (unpaired) electrons. The van der Waals surface area contributed by atoms with Crippen molar-refractivity contribution < 1.29 is 9.72 Å². The van der Waals surface area contributed by atoms with Crippen LogP contribution in [0.2, 0.25) is 0 Å². The Kier molecular flexibility index (Phi) is 3.71. The van der Waals surface area contributed by atoms with Gasteiger partial charge in [0.15, 0.2) is 5.78 Å². The molecule has 0 N–H and O–H groups in total. The summed E-state index contributed by atoms with van der Waals surface area (Å²) in [6.07, 6.45) is 0.417. The number of para-hydroxylation sites is 1. The van der Waals surface area contributed by atoms with Gasteiger partial charge in [-0.05, 0) is 17.7 Å². The van der Waals surface area contributed by atoms with Crippen molar-refractivity contribution in [3.63, 3.8) is 0 Å². The van der Waals surface area contributed by atoms with Gasteiger partial charge in [0.1, 0.15) is 0 Å². The highest BCUT2D eigenvalue weighted by atomic mass is 16.6. The van der Waals surface area contributed by atoms with Crippen LogP contribution in [-0.4, -0.2) is 10.7 Å². The number of nitrogens with zero attached hydrogens (tertiary/aromatic N) is 1. The summed E-state index contributed by atoms with van der Waals surface area (Å²) in [6, 6.07) is 13.5. The average molecular weight is 255 g/mol. The molecule has 0 aromatic heterocycles. The summed E-state index contributed by atoms with van der Waals surface area (Å²) in [5.74, 6) is 0.0282. The molecule has 0 saturated carbocycles. The first-order valence-corrected chi connectivity index (χ1v) is 6.00. The second-order valence-electron chi connectivity index (χ2n) is 4.13. The minimum absolute atomic E-state index is 0.0282. The fraction of sp³-hybridized carbons (Fsp3) is 0.133. The quantitative estimate of drug-likeness (QED) is 0.473. The van der Waals surface area contributed by atoms with Crippen LogP contribution in [-0.2, 0) is 0 Å². The lowest BCUT2D eigenvalue weighted by Gasteiger charge is -2.05. The van der Waals surface area contributed by atoms with Crippen LogP contribution >= 0.6 is 0 Å². The van der Waals surface area contributed by atoms with Gasteiger partial charge in [-0.3, -0.25) is 14.9 Å². The first-order chi connectivity index (χ1) is 9.13. The summed E-state index contributed by atoms with van der Waals surface area (Å²) in [6.45, 7) is 1.79. The molecule has 0 heterocycles. The van der Waals surface area contributed by atoms with Gasteiger partial charge in [0.2, 0.25) is 0 Å². The first-order valence-electron chi connectivity index (χ1n) is 6.00. The molecule has 0 aliphatic rings. The predicted octanol–water partition coefficient (Wildman–Crippen LogP) is 3.85. The lowest BCUT2D eigenvalue weighted by Crippen LogP contribution is -1.97. The Hall–Kier alpha value is -2.49. The number of carbonyl (C=O) groups excluding carboxylic acids is 1. The molecule has 0 aliphatic heterocycles. The monoisotopic (exact) mass is 255 g/mol. The van der Waals surface area contributed by atoms with Crippen LogP contribution in [0.5, 0.6) is 0 Å². The smallest absolute Gasteiger partial charge is 0.277 e. The van der Waals surface area contributed by atoms with Crippen molar-refractivity contribution in [2.45, 2.75) is 13.3 Å². The molecule has 0 spiro atoms. The third-order valence-electron chi connectivity index (χ3n) is 2.92. The maximum absolute atomic E-state index is 11.7. The van der Waals surface area contributed by atoms with Crippen LogP contribution in [0.4, 0.5) is 5.69 Å². The highest BCUT2D eigenvalue weighted by Gasteiger charge is 2.14. The minimum Gasteiger partial charge on any atom is -0.294 e. The summed E-state index contributed by atoms with van der Waals surface area (Å²) < 4.78 is 0. The molecule has 0 amide bonds. The van der Waals surface area contributed by atoms with Crippen LogP contribution in [0.3, 0.4) is 0 Å². The number of ketones is 1. The zero-order valence-corrected chi connectivity index (χ0v) is 10.5. The van der Waals surface area contributed by atoms with Crippen molar-refractivity contribution in [2.24, 2.45) is 0 Å². The fourth-order valence-corrected chi connectivity index (χ4v) is 1.94. The summed E-state index contributed by atoms with van der Waals surface area (Å²) in [5.41, 5.74) is 1.84. The number of benzene rings is 2. The van der Waals surface area contributed by atoms with E-state index < -0.39 is 4.92 Å². The van der Waals surface area contributed by atoms with E-state index in [0.29, 0.717) is 23.1 Å². The van der Waals surface area contributed by atoms with E-state index in [2.05, 4.69) is 0 Å². The highest BCUT2D eigenvalue weighted by Crippen LogP contribution is 2.30. The van der Waals surface area contributed by atoms with Crippen LogP contribution < -0.4 is 0 Å². The molecule has 4 heteroatoms. The fourth-order valence-electron chi connectivity index (χ4n) is 1.94. The summed E-state index contributed by atoms with van der Waals surface area (Å²) >= 11 is 0. The molecule has 0 unspecified atom stereocenters. The van der Waals surface area contributed by atoms with E-state index in [-0.39, 0.29) is 11.5 Å². The van der Waals surface area contributed by atoms with E-state index in [9.17, 15) is 14.9 Å². The van der Waals surface area contributed by atoms with E-state index in [1.807, 2.05) is 0 Å². The van der Waals surface area contributed by atoms with Gasteiger partial charge in [0, 0.05) is 18.1 Å². The van der Waals surface area contributed by atoms with Crippen molar-refractivity contribution in [1.29, 1.82) is 0 Å². The Labute approximate surface area is 110 Å². The van der Waals surface area contributed by atoms with Gasteiger partial charge in [-0.2, -0.15) is 0 Å². The second-order valence-corrected chi connectivity index (χ2v) is 4.13. The van der Waals surface area contributed by atoms with E-state index in [4.69, 9.17) is 0 Å². The topological polar surface area (TPSA) is 60.2 Å². The van der Waals surface area contributed by atoms with Crippen LogP contribution in [0, 0.1) is 10.1 Å². The number of rotatable bonds is 4. The first kappa shape index (κ1) is 13.0. The predicted molar refractivity (Wildman–Crippen MR) is 73.2 cm³/mol. The maximum atomic E-state index is 11.7. The lowest BCUT2D eigenvalue weighted by molar-refractivity contribution is -0.384. The molecule has 0 aliphatic carbocycles.